The van der Waals surface area contributed by atoms with Crippen molar-refractivity contribution < 1.29 is 24.2 Å². The maximum atomic E-state index is 12.8. The van der Waals surface area contributed by atoms with E-state index in [4.69, 9.17) is 9.47 Å². The van der Waals surface area contributed by atoms with Gasteiger partial charge in [0.2, 0.25) is 0 Å². The van der Waals surface area contributed by atoms with Gasteiger partial charge in [0, 0.05) is 6.04 Å². The molecule has 3 unspecified atom stereocenters. The van der Waals surface area contributed by atoms with Gasteiger partial charge < -0.3 is 14.6 Å². The first-order valence-corrected chi connectivity index (χ1v) is 24.0. The van der Waals surface area contributed by atoms with Gasteiger partial charge in [0.25, 0.3) is 6.47 Å². The molecule has 6 nitrogen and oxygen atoms in total. The topological polar surface area (TPSA) is 76.1 Å². The molecule has 1 N–H and O–H groups in total. The van der Waals surface area contributed by atoms with Crippen LogP contribution in [0.4, 0.5) is 0 Å². The molecule has 0 spiro atoms. The molecule has 0 radical (unpaired) electrons. The van der Waals surface area contributed by atoms with Gasteiger partial charge in [-0.05, 0) is 64.5 Å². The smallest absolute Gasteiger partial charge is 0.308 e. The lowest BCUT2D eigenvalue weighted by atomic mass is 9.94. The Kier molecular flexibility index (Phi) is 47.1. The Labute approximate surface area is 338 Å². The number of hydrogen-bond acceptors (Lipinski definition) is 6. The molecule has 0 heterocycles. The summed E-state index contributed by atoms with van der Waals surface area (Å²) in [6, 6.07) is 0.176. The quantitative estimate of drug-likeness (QED) is 0.0379. The first-order chi connectivity index (χ1) is 26.4. The Morgan fingerprint density at radius 1 is 0.519 bits per heavy atom. The van der Waals surface area contributed by atoms with Crippen LogP contribution in [0, 0.1) is 11.8 Å². The summed E-state index contributed by atoms with van der Waals surface area (Å²) in [5.74, 6) is 1.10. The highest BCUT2D eigenvalue weighted by Gasteiger charge is 2.19. The summed E-state index contributed by atoms with van der Waals surface area (Å²) in [6.45, 7) is 17.3. The van der Waals surface area contributed by atoms with Gasteiger partial charge in [0.05, 0.1) is 25.7 Å². The number of nitrogens with zero attached hydrogens (tertiary/aromatic N) is 1. The average Bonchev–Trinajstić information content (AvgIpc) is 3.18. The summed E-state index contributed by atoms with van der Waals surface area (Å²) < 4.78 is 10.5. The van der Waals surface area contributed by atoms with Gasteiger partial charge >= 0.3 is 5.97 Å². The second-order valence-corrected chi connectivity index (χ2v) is 16.6. The fourth-order valence-electron chi connectivity index (χ4n) is 7.34. The maximum absolute atomic E-state index is 12.8. The third-order valence-electron chi connectivity index (χ3n) is 11.2. The Morgan fingerprint density at radius 3 is 1.33 bits per heavy atom. The molecule has 0 aromatic rings. The minimum Gasteiger partial charge on any atom is -0.468 e. The van der Waals surface area contributed by atoms with Crippen LogP contribution in [0.25, 0.3) is 0 Å². The molecule has 0 amide bonds. The normalized spacial score (nSPS) is 13.0. The largest absolute Gasteiger partial charge is 0.468 e. The van der Waals surface area contributed by atoms with Crippen LogP contribution in [-0.4, -0.2) is 61.4 Å². The highest BCUT2D eigenvalue weighted by Crippen LogP contribution is 2.21. The summed E-state index contributed by atoms with van der Waals surface area (Å²) in [5, 5.41) is 9.62. The highest BCUT2D eigenvalue weighted by atomic mass is 16.5. The van der Waals surface area contributed by atoms with Crippen molar-refractivity contribution in [3.05, 3.63) is 0 Å². The van der Waals surface area contributed by atoms with Crippen molar-refractivity contribution in [3.63, 3.8) is 0 Å². The lowest BCUT2D eigenvalue weighted by Crippen LogP contribution is -2.37. The number of esters is 1. The molecule has 54 heavy (non-hydrogen) atoms. The molecule has 0 saturated carbocycles. The van der Waals surface area contributed by atoms with E-state index in [1.165, 1.54) is 128 Å². The zero-order valence-electron chi connectivity index (χ0n) is 37.5. The van der Waals surface area contributed by atoms with Gasteiger partial charge in [-0.25, -0.2) is 0 Å². The molecule has 0 aliphatic heterocycles. The summed E-state index contributed by atoms with van der Waals surface area (Å²) in [5.41, 5.74) is 0. The van der Waals surface area contributed by atoms with E-state index in [2.05, 4.69) is 46.4 Å². The third kappa shape index (κ3) is 40.5. The van der Waals surface area contributed by atoms with Crippen LogP contribution in [0.2, 0.25) is 0 Å². The van der Waals surface area contributed by atoms with Gasteiger partial charge in [-0.3, -0.25) is 14.5 Å². The van der Waals surface area contributed by atoms with Crippen LogP contribution in [0.15, 0.2) is 0 Å². The molecule has 0 rings (SSSR count). The standard InChI is InChI=1S/C32H63NO5.C16H34/c1-4-6-8-10-11-17-23-31(22-16-9-7-5-2)32(36)38-27-21-15-13-19-25-33(30(3)28-34)24-18-12-14-20-26-37-29-35;1-4-6-8-10-11-13-15-16(3)14-12-9-7-5-2/h29-31,34H,4-28H2,1-3H3;16H,4-15H2,1-3H3. The molecule has 324 valence electrons. The van der Waals surface area contributed by atoms with E-state index in [0.29, 0.717) is 19.7 Å². The number of hydrogen-bond donors (Lipinski definition) is 1. The minimum absolute atomic E-state index is 0.0377. The second kappa shape index (κ2) is 46.2. The van der Waals surface area contributed by atoms with Crippen LogP contribution in [-0.2, 0) is 19.1 Å². The van der Waals surface area contributed by atoms with E-state index in [1.54, 1.807) is 0 Å². The third-order valence-corrected chi connectivity index (χ3v) is 11.2. The maximum Gasteiger partial charge on any atom is 0.308 e. The number of carbonyl (C=O) groups is 2. The number of aliphatic hydroxyl groups excluding tert-OH is 1. The Morgan fingerprint density at radius 2 is 0.889 bits per heavy atom. The van der Waals surface area contributed by atoms with E-state index < -0.39 is 0 Å². The van der Waals surface area contributed by atoms with E-state index in [9.17, 15) is 14.7 Å². The molecule has 0 fully saturated rings. The second-order valence-electron chi connectivity index (χ2n) is 16.6. The zero-order chi connectivity index (χ0) is 40.2. The number of carbonyl (C=O) groups excluding carboxylic acids is 2. The van der Waals surface area contributed by atoms with Crippen molar-refractivity contribution in [3.8, 4) is 0 Å². The van der Waals surface area contributed by atoms with Gasteiger partial charge in [0.1, 0.15) is 0 Å². The first kappa shape index (κ1) is 55.0. The lowest BCUT2D eigenvalue weighted by Gasteiger charge is -2.27. The Balaban J connectivity index is 0. The van der Waals surface area contributed by atoms with Crippen molar-refractivity contribution in [2.24, 2.45) is 11.8 Å². The van der Waals surface area contributed by atoms with E-state index >= 15 is 0 Å². The first-order valence-electron chi connectivity index (χ1n) is 24.0. The number of unbranched alkanes of at least 4 members (excludes halogenated alkanes) is 22. The van der Waals surface area contributed by atoms with Crippen molar-refractivity contribution in [1.29, 1.82) is 0 Å². The molecule has 0 saturated heterocycles. The molecule has 0 aromatic carbocycles. The van der Waals surface area contributed by atoms with Crippen LogP contribution < -0.4 is 0 Å². The van der Waals surface area contributed by atoms with Gasteiger partial charge in [0.15, 0.2) is 0 Å². The van der Waals surface area contributed by atoms with Gasteiger partial charge in [-0.2, -0.15) is 0 Å². The number of aliphatic hydroxyl groups is 1. The van der Waals surface area contributed by atoms with Crippen molar-refractivity contribution >= 4 is 12.4 Å². The van der Waals surface area contributed by atoms with Crippen LogP contribution in [0.3, 0.4) is 0 Å². The molecule has 0 aliphatic rings. The van der Waals surface area contributed by atoms with Crippen LogP contribution in [0.5, 0.6) is 0 Å². The minimum atomic E-state index is 0.0377. The summed E-state index contributed by atoms with van der Waals surface area (Å²) >= 11 is 0. The molecule has 0 aliphatic carbocycles. The fourth-order valence-corrected chi connectivity index (χ4v) is 7.34. The average molecular weight is 768 g/mol. The lowest BCUT2D eigenvalue weighted by molar-refractivity contribution is -0.149. The molecule has 3 atom stereocenters. The zero-order valence-corrected chi connectivity index (χ0v) is 37.5. The molecule has 0 aromatic heterocycles. The predicted molar refractivity (Wildman–Crippen MR) is 234 cm³/mol. The van der Waals surface area contributed by atoms with Crippen LogP contribution >= 0.6 is 0 Å². The van der Waals surface area contributed by atoms with E-state index in [0.717, 1.165) is 96.1 Å². The highest BCUT2D eigenvalue weighted by molar-refractivity contribution is 5.72. The Hall–Kier alpha value is -1.14. The number of rotatable bonds is 42. The predicted octanol–water partition coefficient (Wildman–Crippen LogP) is 14.2. The monoisotopic (exact) mass is 768 g/mol. The molecular weight excluding hydrogens is 671 g/mol. The summed E-state index contributed by atoms with van der Waals surface area (Å²) in [7, 11) is 0. The van der Waals surface area contributed by atoms with Crippen molar-refractivity contribution in [1.82, 2.24) is 4.90 Å². The molecular formula is C48H97NO5. The molecule has 6 heteroatoms. The molecule has 0 bridgehead atoms. The van der Waals surface area contributed by atoms with E-state index in [1.807, 2.05) is 0 Å². The van der Waals surface area contributed by atoms with Crippen LogP contribution in [0.1, 0.15) is 247 Å². The Bertz CT molecular complexity index is 734. The van der Waals surface area contributed by atoms with Gasteiger partial charge in [-0.15, -0.1) is 0 Å². The van der Waals surface area contributed by atoms with Crippen molar-refractivity contribution in [2.45, 2.75) is 253 Å². The van der Waals surface area contributed by atoms with Crippen molar-refractivity contribution in [2.75, 3.05) is 32.9 Å². The fraction of sp³-hybridized carbons (Fsp3) is 0.958. The summed E-state index contributed by atoms with van der Waals surface area (Å²) in [6.07, 6.45) is 40.1. The van der Waals surface area contributed by atoms with Gasteiger partial charge in [-0.1, -0.05) is 202 Å². The SMILES string of the molecule is CCCCCCCCC(C)CCCCCC.CCCCCCCCC(CCCCCC)C(=O)OCCCCCCN(CCCCCCOC=O)C(C)CO. The number of ether oxygens (including phenoxy) is 2. The summed E-state index contributed by atoms with van der Waals surface area (Å²) in [4.78, 5) is 25.3. The van der Waals surface area contributed by atoms with E-state index in [-0.39, 0.29) is 24.5 Å².